The number of phosphoric acid groups is 1. The van der Waals surface area contributed by atoms with Gasteiger partial charge < -0.3 is 25.2 Å². The van der Waals surface area contributed by atoms with Crippen LogP contribution < -0.4 is 5.73 Å². The van der Waals surface area contributed by atoms with Gasteiger partial charge in [-0.15, -0.1) is 0 Å². The van der Waals surface area contributed by atoms with E-state index >= 15 is 0 Å². The Morgan fingerprint density at radius 2 is 0.848 bits per heavy atom. The van der Waals surface area contributed by atoms with Gasteiger partial charge in [0, 0.05) is 12.8 Å². The average Bonchev–Trinajstić information content (AvgIpc) is 3.30. The molecule has 0 saturated carbocycles. The molecule has 0 heterocycles. The highest BCUT2D eigenvalue weighted by Crippen LogP contribution is 2.43. The monoisotopic (exact) mass is 948 g/mol. The van der Waals surface area contributed by atoms with E-state index < -0.39 is 51.1 Å². The summed E-state index contributed by atoms with van der Waals surface area (Å²) in [5.74, 6) is -2.39. The summed E-state index contributed by atoms with van der Waals surface area (Å²) in [5.41, 5.74) is 5.35. The standard InChI is InChI=1S/C54H94NO10P/c1-3-5-7-9-11-13-15-17-19-21-23-25-27-29-31-33-35-37-39-41-43-45-52(56)62-47-50(48-63-66(60,61)64-49-51(55)54(58)59)65-53(57)46-44-42-40-38-36-34-32-30-28-26-24-22-20-18-16-14-12-10-8-6-4-2/h6,8,12,14-15,17-18,20-21,23-24,26,50-51H,3-5,7,9-11,13,16,19,22,25,27-49,55H2,1-2H3,(H,58,59)(H,60,61)/b8-6-,14-12-,17-15-,20-18-,23-21-,26-24-. The van der Waals surface area contributed by atoms with Gasteiger partial charge >= 0.3 is 25.7 Å². The Balaban J connectivity index is 4.27. The maximum Gasteiger partial charge on any atom is 0.472 e. The number of esters is 2. The normalized spacial score (nSPS) is 14.1. The number of carboxylic acid groups (broad SMARTS) is 1. The maximum atomic E-state index is 12.7. The van der Waals surface area contributed by atoms with E-state index in [2.05, 4.69) is 91.3 Å². The summed E-state index contributed by atoms with van der Waals surface area (Å²) < 4.78 is 32.9. The molecule has 3 atom stereocenters. The molecule has 0 aliphatic carbocycles. The van der Waals surface area contributed by atoms with Crippen LogP contribution >= 0.6 is 7.82 Å². The van der Waals surface area contributed by atoms with Gasteiger partial charge in [-0.2, -0.15) is 0 Å². The first-order chi connectivity index (χ1) is 32.1. The molecular formula is C54H94NO10P. The van der Waals surface area contributed by atoms with E-state index in [1.807, 2.05) is 0 Å². The van der Waals surface area contributed by atoms with Crippen LogP contribution in [0.25, 0.3) is 0 Å². The molecule has 0 aliphatic rings. The van der Waals surface area contributed by atoms with Gasteiger partial charge in [-0.1, -0.05) is 196 Å². The summed E-state index contributed by atoms with van der Waals surface area (Å²) in [5, 5.41) is 8.93. The van der Waals surface area contributed by atoms with Gasteiger partial charge in [-0.3, -0.25) is 23.4 Å². The number of carbonyl (C=O) groups excluding carboxylic acids is 2. The third-order valence-corrected chi connectivity index (χ3v) is 11.9. The average molecular weight is 948 g/mol. The molecule has 3 unspecified atom stereocenters. The highest BCUT2D eigenvalue weighted by molar-refractivity contribution is 7.47. The van der Waals surface area contributed by atoms with Gasteiger partial charge in [-0.25, -0.2) is 4.57 Å². The van der Waals surface area contributed by atoms with Gasteiger partial charge in [0.2, 0.25) is 0 Å². The number of hydrogen-bond donors (Lipinski definition) is 3. The molecule has 0 aromatic carbocycles. The molecule has 0 radical (unpaired) electrons. The molecule has 0 spiro atoms. The van der Waals surface area contributed by atoms with Gasteiger partial charge in [0.25, 0.3) is 0 Å². The predicted molar refractivity (Wildman–Crippen MR) is 272 cm³/mol. The summed E-state index contributed by atoms with van der Waals surface area (Å²) in [6, 6.07) is -1.53. The molecule has 0 bridgehead atoms. The van der Waals surface area contributed by atoms with Crippen LogP contribution in [0.4, 0.5) is 0 Å². The van der Waals surface area contributed by atoms with Gasteiger partial charge in [0.05, 0.1) is 13.2 Å². The summed E-state index contributed by atoms with van der Waals surface area (Å²) in [6.45, 7) is 2.69. The fraction of sp³-hybridized carbons (Fsp3) is 0.722. The van der Waals surface area contributed by atoms with Crippen LogP contribution in [0, 0.1) is 0 Å². The Morgan fingerprint density at radius 3 is 1.27 bits per heavy atom. The maximum absolute atomic E-state index is 12.7. The second-order valence-electron chi connectivity index (χ2n) is 17.3. The first-order valence-corrected chi connectivity index (χ1v) is 27.5. The number of carbonyl (C=O) groups is 3. The number of nitrogens with two attached hydrogens (primary N) is 1. The van der Waals surface area contributed by atoms with Crippen molar-refractivity contribution in [1.82, 2.24) is 0 Å². The van der Waals surface area contributed by atoms with Crippen molar-refractivity contribution < 1.29 is 47.5 Å². The molecule has 0 fully saturated rings. The van der Waals surface area contributed by atoms with Crippen molar-refractivity contribution in [3.8, 4) is 0 Å². The zero-order valence-electron chi connectivity index (χ0n) is 41.5. The van der Waals surface area contributed by atoms with Crippen LogP contribution in [0.3, 0.4) is 0 Å². The summed E-state index contributed by atoms with van der Waals surface area (Å²) >= 11 is 0. The number of hydrogen-bond acceptors (Lipinski definition) is 9. The second kappa shape index (κ2) is 48.4. The van der Waals surface area contributed by atoms with Crippen LogP contribution in [-0.4, -0.2) is 59.9 Å². The molecule has 0 rings (SSSR count). The highest BCUT2D eigenvalue weighted by atomic mass is 31.2. The number of unbranched alkanes of at least 4 members (excludes halogenated alkanes) is 22. The lowest BCUT2D eigenvalue weighted by atomic mass is 10.1. The topological polar surface area (TPSA) is 172 Å². The summed E-state index contributed by atoms with van der Waals surface area (Å²) in [6.07, 6.45) is 59.6. The molecule has 66 heavy (non-hydrogen) atoms. The van der Waals surface area contributed by atoms with Crippen molar-refractivity contribution in [2.75, 3.05) is 19.8 Å². The minimum atomic E-state index is -4.73. The Labute approximate surface area is 401 Å². The Kier molecular flexibility index (Phi) is 46.1. The summed E-state index contributed by atoms with van der Waals surface area (Å²) in [7, 11) is -4.73. The van der Waals surface area contributed by atoms with Crippen LogP contribution in [0.15, 0.2) is 72.9 Å². The van der Waals surface area contributed by atoms with Crippen molar-refractivity contribution in [3.05, 3.63) is 72.9 Å². The van der Waals surface area contributed by atoms with E-state index in [4.69, 9.17) is 24.8 Å². The van der Waals surface area contributed by atoms with Crippen LogP contribution in [0.1, 0.15) is 219 Å². The van der Waals surface area contributed by atoms with Crippen molar-refractivity contribution in [2.45, 2.75) is 231 Å². The molecule has 380 valence electrons. The van der Waals surface area contributed by atoms with Crippen LogP contribution in [0.2, 0.25) is 0 Å². The molecule has 12 heteroatoms. The fourth-order valence-corrected chi connectivity index (χ4v) is 7.69. The van der Waals surface area contributed by atoms with E-state index in [0.29, 0.717) is 12.8 Å². The summed E-state index contributed by atoms with van der Waals surface area (Å²) in [4.78, 5) is 46.2. The minimum Gasteiger partial charge on any atom is -0.480 e. The first kappa shape index (κ1) is 62.9. The van der Waals surface area contributed by atoms with Crippen LogP contribution in [-0.2, 0) is 37.5 Å². The molecular weight excluding hydrogens is 854 g/mol. The van der Waals surface area contributed by atoms with Gasteiger partial charge in [-0.05, 0) is 83.5 Å². The largest absolute Gasteiger partial charge is 0.480 e. The quantitative estimate of drug-likeness (QED) is 0.0229. The molecule has 0 amide bonds. The predicted octanol–water partition coefficient (Wildman–Crippen LogP) is 14.8. The van der Waals surface area contributed by atoms with Crippen LogP contribution in [0.5, 0.6) is 0 Å². The van der Waals surface area contributed by atoms with Crippen molar-refractivity contribution in [2.24, 2.45) is 5.73 Å². The zero-order valence-corrected chi connectivity index (χ0v) is 42.4. The number of aliphatic carboxylic acids is 1. The molecule has 0 aromatic rings. The van der Waals surface area contributed by atoms with E-state index in [9.17, 15) is 23.8 Å². The highest BCUT2D eigenvalue weighted by Gasteiger charge is 2.28. The molecule has 0 saturated heterocycles. The lowest BCUT2D eigenvalue weighted by Gasteiger charge is -2.20. The third kappa shape index (κ3) is 47.4. The lowest BCUT2D eigenvalue weighted by Crippen LogP contribution is -2.34. The van der Waals surface area contributed by atoms with Crippen molar-refractivity contribution >= 4 is 25.7 Å². The zero-order chi connectivity index (χ0) is 48.4. The van der Waals surface area contributed by atoms with Crippen molar-refractivity contribution in [3.63, 3.8) is 0 Å². The number of allylic oxidation sites excluding steroid dienone is 12. The molecule has 0 aromatic heterocycles. The van der Waals surface area contributed by atoms with E-state index in [0.717, 1.165) is 89.9 Å². The number of phosphoric ester groups is 1. The number of rotatable bonds is 48. The second-order valence-corrected chi connectivity index (χ2v) is 18.7. The molecule has 0 aliphatic heterocycles. The first-order valence-electron chi connectivity index (χ1n) is 26.0. The Bertz CT molecular complexity index is 1390. The fourth-order valence-electron chi connectivity index (χ4n) is 6.91. The van der Waals surface area contributed by atoms with Crippen molar-refractivity contribution in [1.29, 1.82) is 0 Å². The van der Waals surface area contributed by atoms with Gasteiger partial charge in [0.1, 0.15) is 12.6 Å². The van der Waals surface area contributed by atoms with E-state index in [-0.39, 0.29) is 19.4 Å². The molecule has 4 N–H and O–H groups in total. The minimum absolute atomic E-state index is 0.148. The van der Waals surface area contributed by atoms with E-state index in [1.165, 1.54) is 89.9 Å². The Hall–Kier alpha value is -3.08. The lowest BCUT2D eigenvalue weighted by molar-refractivity contribution is -0.161. The molecule has 11 nitrogen and oxygen atoms in total. The van der Waals surface area contributed by atoms with Gasteiger partial charge in [0.15, 0.2) is 6.10 Å². The number of carboxylic acids is 1. The van der Waals surface area contributed by atoms with E-state index in [1.54, 1.807) is 0 Å². The SMILES string of the molecule is CC/C=C\C/C=C\C/C=C\C/C=C\CCCCCCCCCCC(=O)OC(COC(=O)CCCCCCCCCCC/C=C\C/C=C\CCCCCCC)COP(=O)(O)OCC(N)C(=O)O. The Morgan fingerprint density at radius 1 is 0.485 bits per heavy atom. The smallest absolute Gasteiger partial charge is 0.472 e. The number of ether oxygens (including phenoxy) is 2. The third-order valence-electron chi connectivity index (χ3n) is 10.9.